The summed E-state index contributed by atoms with van der Waals surface area (Å²) in [6.45, 7) is 6.78. The average Bonchev–Trinajstić information content (AvgIpc) is 2.84. The van der Waals surface area contributed by atoms with E-state index in [-0.39, 0.29) is 0 Å². The van der Waals surface area contributed by atoms with Crippen LogP contribution in [0.5, 0.6) is 5.75 Å². The summed E-state index contributed by atoms with van der Waals surface area (Å²) in [5.41, 5.74) is 6.18. The lowest BCUT2D eigenvalue weighted by Gasteiger charge is -2.20. The van der Waals surface area contributed by atoms with Gasteiger partial charge in [-0.2, -0.15) is 0 Å². The summed E-state index contributed by atoms with van der Waals surface area (Å²) >= 11 is 6.20. The molecule has 21 heavy (non-hydrogen) atoms. The largest absolute Gasteiger partial charge is 0.493 e. The summed E-state index contributed by atoms with van der Waals surface area (Å²) < 4.78 is 5.71. The number of aliphatic hydroxyl groups is 1. The van der Waals surface area contributed by atoms with Gasteiger partial charge in [0.15, 0.2) is 0 Å². The summed E-state index contributed by atoms with van der Waals surface area (Å²) in [6.07, 6.45) is 0.137. The van der Waals surface area contributed by atoms with Crippen LogP contribution in [0.2, 0.25) is 5.02 Å². The van der Waals surface area contributed by atoms with Crippen LogP contribution in [0.1, 0.15) is 39.5 Å². The van der Waals surface area contributed by atoms with Crippen LogP contribution in [0.15, 0.2) is 24.3 Å². The van der Waals surface area contributed by atoms with Crippen molar-refractivity contribution < 1.29 is 9.84 Å². The van der Waals surface area contributed by atoms with Gasteiger partial charge in [0.1, 0.15) is 11.9 Å². The van der Waals surface area contributed by atoms with Crippen molar-refractivity contribution in [3.63, 3.8) is 0 Å². The first-order valence-electron chi connectivity index (χ1n) is 7.18. The van der Waals surface area contributed by atoms with E-state index in [4.69, 9.17) is 16.3 Å². The van der Waals surface area contributed by atoms with Gasteiger partial charge in [-0.3, -0.25) is 0 Å². The molecule has 1 unspecified atom stereocenters. The number of ether oxygens (including phenoxy) is 1. The summed E-state index contributed by atoms with van der Waals surface area (Å²) in [5.74, 6) is 0.797. The van der Waals surface area contributed by atoms with Crippen LogP contribution >= 0.6 is 11.6 Å². The van der Waals surface area contributed by atoms with Gasteiger partial charge < -0.3 is 9.84 Å². The standard InChI is InChI=1S/C18H19ClO2/c1-10-6-11(2)16(12(3)7-10)17(20)15-9-14(19)8-13-4-5-21-18(13)15/h6-9,17,20H,4-5H2,1-3H3. The Kier molecular flexibility index (Phi) is 3.68. The molecule has 0 radical (unpaired) electrons. The van der Waals surface area contributed by atoms with E-state index in [1.54, 1.807) is 0 Å². The molecule has 0 bridgehead atoms. The zero-order valence-corrected chi connectivity index (χ0v) is 13.3. The highest BCUT2D eigenvalue weighted by molar-refractivity contribution is 6.30. The number of hydrogen-bond acceptors (Lipinski definition) is 2. The predicted octanol–water partition coefficient (Wildman–Crippen LogP) is 4.28. The molecule has 2 nitrogen and oxygen atoms in total. The molecule has 1 aliphatic rings. The second-order valence-electron chi connectivity index (χ2n) is 5.80. The molecule has 1 N–H and O–H groups in total. The highest BCUT2D eigenvalue weighted by atomic mass is 35.5. The van der Waals surface area contributed by atoms with Gasteiger partial charge in [-0.05, 0) is 55.2 Å². The van der Waals surface area contributed by atoms with Crippen molar-refractivity contribution in [1.82, 2.24) is 0 Å². The van der Waals surface area contributed by atoms with Crippen LogP contribution in [-0.4, -0.2) is 11.7 Å². The number of halogens is 1. The van der Waals surface area contributed by atoms with E-state index in [1.165, 1.54) is 5.56 Å². The van der Waals surface area contributed by atoms with Crippen LogP contribution in [0, 0.1) is 20.8 Å². The fourth-order valence-corrected chi connectivity index (χ4v) is 3.53. The molecular weight excluding hydrogens is 284 g/mol. The van der Waals surface area contributed by atoms with Crippen LogP contribution < -0.4 is 4.74 Å². The molecule has 0 spiro atoms. The molecule has 0 saturated heterocycles. The number of fused-ring (bicyclic) bond motifs is 1. The van der Waals surface area contributed by atoms with Gasteiger partial charge in [-0.15, -0.1) is 0 Å². The molecular formula is C18H19ClO2. The number of rotatable bonds is 2. The highest BCUT2D eigenvalue weighted by Crippen LogP contribution is 2.40. The molecule has 110 valence electrons. The van der Waals surface area contributed by atoms with Crippen molar-refractivity contribution in [2.75, 3.05) is 6.61 Å². The molecule has 1 atom stereocenters. The van der Waals surface area contributed by atoms with Gasteiger partial charge in [-0.1, -0.05) is 29.3 Å². The first-order valence-corrected chi connectivity index (χ1v) is 7.56. The van der Waals surface area contributed by atoms with E-state index in [0.717, 1.165) is 40.0 Å². The molecule has 3 rings (SSSR count). The Morgan fingerprint density at radius 1 is 1.10 bits per heavy atom. The summed E-state index contributed by atoms with van der Waals surface area (Å²) in [7, 11) is 0. The Labute approximate surface area is 130 Å². The topological polar surface area (TPSA) is 29.5 Å². The van der Waals surface area contributed by atoms with Crippen molar-refractivity contribution in [3.05, 3.63) is 62.7 Å². The second kappa shape index (κ2) is 5.36. The fourth-order valence-electron chi connectivity index (χ4n) is 3.28. The molecule has 2 aromatic carbocycles. The number of aryl methyl sites for hydroxylation is 3. The lowest BCUT2D eigenvalue weighted by molar-refractivity contribution is 0.212. The molecule has 2 aromatic rings. The minimum absolute atomic E-state index is 0.649. The van der Waals surface area contributed by atoms with E-state index < -0.39 is 6.10 Å². The molecule has 1 aliphatic heterocycles. The van der Waals surface area contributed by atoms with Crippen LogP contribution in [0.25, 0.3) is 0 Å². The van der Waals surface area contributed by atoms with Crippen LogP contribution in [0.4, 0.5) is 0 Å². The van der Waals surface area contributed by atoms with Gasteiger partial charge in [0.25, 0.3) is 0 Å². The first kappa shape index (κ1) is 14.4. The quantitative estimate of drug-likeness (QED) is 0.897. The van der Waals surface area contributed by atoms with Gasteiger partial charge in [-0.25, -0.2) is 0 Å². The lowest BCUT2D eigenvalue weighted by Crippen LogP contribution is -2.07. The predicted molar refractivity (Wildman–Crippen MR) is 85.4 cm³/mol. The molecule has 0 aliphatic carbocycles. The maximum atomic E-state index is 10.9. The summed E-state index contributed by atoms with van der Waals surface area (Å²) in [5, 5.41) is 11.5. The van der Waals surface area contributed by atoms with Crippen molar-refractivity contribution in [3.8, 4) is 5.75 Å². The van der Waals surface area contributed by atoms with Crippen LogP contribution in [-0.2, 0) is 6.42 Å². The number of aliphatic hydroxyl groups excluding tert-OH is 1. The fraction of sp³-hybridized carbons (Fsp3) is 0.333. The molecule has 0 saturated carbocycles. The maximum Gasteiger partial charge on any atom is 0.128 e. The van der Waals surface area contributed by atoms with Crippen molar-refractivity contribution >= 4 is 11.6 Å². The third-order valence-corrected chi connectivity index (χ3v) is 4.30. The SMILES string of the molecule is Cc1cc(C)c(C(O)c2cc(Cl)cc3c2OCC3)c(C)c1. The Morgan fingerprint density at radius 2 is 1.76 bits per heavy atom. The number of hydrogen-bond donors (Lipinski definition) is 1. The minimum Gasteiger partial charge on any atom is -0.493 e. The molecule has 0 fully saturated rings. The molecule has 0 aromatic heterocycles. The smallest absolute Gasteiger partial charge is 0.128 e. The van der Waals surface area contributed by atoms with Gasteiger partial charge in [0.05, 0.1) is 6.61 Å². The number of benzene rings is 2. The van der Waals surface area contributed by atoms with Gasteiger partial charge in [0, 0.05) is 17.0 Å². The average molecular weight is 303 g/mol. The zero-order valence-electron chi connectivity index (χ0n) is 12.5. The Morgan fingerprint density at radius 3 is 2.43 bits per heavy atom. The third-order valence-electron chi connectivity index (χ3n) is 4.08. The first-order chi connectivity index (χ1) is 9.97. The Bertz CT molecular complexity index is 684. The second-order valence-corrected chi connectivity index (χ2v) is 6.23. The van der Waals surface area contributed by atoms with Crippen LogP contribution in [0.3, 0.4) is 0 Å². The Hall–Kier alpha value is -1.51. The zero-order chi connectivity index (χ0) is 15.1. The van der Waals surface area contributed by atoms with Crippen molar-refractivity contribution in [2.45, 2.75) is 33.3 Å². The van der Waals surface area contributed by atoms with Crippen molar-refractivity contribution in [1.29, 1.82) is 0 Å². The third kappa shape index (κ3) is 2.54. The van der Waals surface area contributed by atoms with E-state index in [1.807, 2.05) is 26.0 Å². The maximum absolute atomic E-state index is 10.9. The normalized spacial score (nSPS) is 14.7. The highest BCUT2D eigenvalue weighted by Gasteiger charge is 2.25. The monoisotopic (exact) mass is 302 g/mol. The van der Waals surface area contributed by atoms with E-state index in [9.17, 15) is 5.11 Å². The summed E-state index contributed by atoms with van der Waals surface area (Å²) in [4.78, 5) is 0. The summed E-state index contributed by atoms with van der Waals surface area (Å²) in [6, 6.07) is 7.93. The molecule has 1 heterocycles. The van der Waals surface area contributed by atoms with Gasteiger partial charge >= 0.3 is 0 Å². The van der Waals surface area contributed by atoms with E-state index in [2.05, 4.69) is 19.1 Å². The minimum atomic E-state index is -0.712. The van der Waals surface area contributed by atoms with E-state index in [0.29, 0.717) is 11.6 Å². The van der Waals surface area contributed by atoms with E-state index >= 15 is 0 Å². The Balaban J connectivity index is 2.14. The lowest BCUT2D eigenvalue weighted by atomic mass is 9.91. The molecule has 0 amide bonds. The van der Waals surface area contributed by atoms with Gasteiger partial charge in [0.2, 0.25) is 0 Å². The van der Waals surface area contributed by atoms with Crippen molar-refractivity contribution in [2.24, 2.45) is 0 Å². The molecule has 3 heteroatoms.